The number of rotatable bonds is 5. The molecule has 1 rings (SSSR count). The molecule has 0 spiro atoms. The van der Waals surface area contributed by atoms with Gasteiger partial charge in [-0.15, -0.1) is 0 Å². The van der Waals surface area contributed by atoms with Crippen LogP contribution in [0.1, 0.15) is 20.8 Å². The fourth-order valence-corrected chi connectivity index (χ4v) is 1.57. The minimum atomic E-state index is -1.68. The van der Waals surface area contributed by atoms with Crippen molar-refractivity contribution in [2.45, 2.75) is 36.9 Å². The Hall–Kier alpha value is -0.480. The first-order chi connectivity index (χ1) is 8.21. The molecule has 1 aromatic rings. The third-order valence-corrected chi connectivity index (χ3v) is 2.87. The van der Waals surface area contributed by atoms with Crippen molar-refractivity contribution in [2.24, 2.45) is 0 Å². The van der Waals surface area contributed by atoms with Crippen LogP contribution in [-0.4, -0.2) is 27.8 Å². The zero-order chi connectivity index (χ0) is 13.8. The van der Waals surface area contributed by atoms with Gasteiger partial charge in [0.25, 0.3) is 4.52 Å². The Bertz CT molecular complexity index is 363. The number of hydrogen-bond acceptors (Lipinski definition) is 3. The zero-order valence-corrected chi connectivity index (χ0v) is 12.3. The van der Waals surface area contributed by atoms with Crippen molar-refractivity contribution in [1.29, 1.82) is 0 Å². The van der Waals surface area contributed by atoms with Gasteiger partial charge in [0.2, 0.25) is 0 Å². The van der Waals surface area contributed by atoms with Crippen LogP contribution in [0, 0.1) is 0 Å². The van der Waals surface area contributed by atoms with Crippen molar-refractivity contribution in [3.05, 3.63) is 30.3 Å². The molecule has 2 N–H and O–H groups in total. The van der Waals surface area contributed by atoms with Gasteiger partial charge in [0, 0.05) is 12.1 Å². The quantitative estimate of drug-likeness (QED) is 0.820. The van der Waals surface area contributed by atoms with Crippen LogP contribution in [0.4, 0.5) is 0 Å². The highest BCUT2D eigenvalue weighted by Crippen LogP contribution is 2.29. The molecule has 1 atom stereocenters. The molecular formula is C13H19Cl2NO2. The van der Waals surface area contributed by atoms with Crippen molar-refractivity contribution in [3.63, 3.8) is 0 Å². The predicted octanol–water partition coefficient (Wildman–Crippen LogP) is 2.95. The number of β-amino-alcohol motifs (C(OH)–C–C–N with tert-alkyl or cyclic N) is 1. The number of nitrogens with one attached hydrogen (secondary N) is 1. The minimum Gasteiger partial charge on any atom is -0.455 e. The highest BCUT2D eigenvalue weighted by Gasteiger charge is 2.36. The minimum absolute atomic E-state index is 0.127. The zero-order valence-electron chi connectivity index (χ0n) is 10.8. The predicted molar refractivity (Wildman–Crippen MR) is 75.3 cm³/mol. The number of alkyl halides is 2. The van der Waals surface area contributed by atoms with E-state index in [1.54, 1.807) is 24.3 Å². The van der Waals surface area contributed by atoms with Crippen molar-refractivity contribution >= 4 is 23.2 Å². The van der Waals surface area contributed by atoms with Crippen molar-refractivity contribution in [3.8, 4) is 5.75 Å². The molecule has 0 aliphatic carbocycles. The Morgan fingerprint density at radius 1 is 1.22 bits per heavy atom. The van der Waals surface area contributed by atoms with Crippen LogP contribution in [0.25, 0.3) is 0 Å². The van der Waals surface area contributed by atoms with E-state index in [-0.39, 0.29) is 12.1 Å². The summed E-state index contributed by atoms with van der Waals surface area (Å²) in [6.45, 7) is 6.20. The SMILES string of the molecule is CC(C)(C)NCC(O)C(Cl)(Cl)Oc1ccccc1. The highest BCUT2D eigenvalue weighted by molar-refractivity contribution is 6.47. The molecule has 18 heavy (non-hydrogen) atoms. The summed E-state index contributed by atoms with van der Waals surface area (Å²) in [5.41, 5.74) is -0.127. The maximum atomic E-state index is 9.95. The van der Waals surface area contributed by atoms with E-state index in [4.69, 9.17) is 27.9 Å². The first-order valence-corrected chi connectivity index (χ1v) is 6.51. The summed E-state index contributed by atoms with van der Waals surface area (Å²) in [6, 6.07) is 8.92. The Morgan fingerprint density at radius 2 is 1.78 bits per heavy atom. The lowest BCUT2D eigenvalue weighted by Gasteiger charge is -2.29. The van der Waals surface area contributed by atoms with E-state index < -0.39 is 10.6 Å². The van der Waals surface area contributed by atoms with Crippen molar-refractivity contribution in [1.82, 2.24) is 5.32 Å². The Labute approximate surface area is 118 Å². The van der Waals surface area contributed by atoms with E-state index in [9.17, 15) is 5.11 Å². The summed E-state index contributed by atoms with van der Waals surface area (Å²) in [6.07, 6.45) is -1.04. The smallest absolute Gasteiger partial charge is 0.285 e. The number of aliphatic hydroxyl groups is 1. The molecule has 0 aromatic heterocycles. The Morgan fingerprint density at radius 3 is 2.28 bits per heavy atom. The molecule has 5 heteroatoms. The summed E-state index contributed by atoms with van der Waals surface area (Å²) in [7, 11) is 0. The van der Waals surface area contributed by atoms with Gasteiger partial charge in [-0.3, -0.25) is 0 Å². The molecule has 1 aromatic carbocycles. The first-order valence-electron chi connectivity index (χ1n) is 5.76. The van der Waals surface area contributed by atoms with E-state index in [2.05, 4.69) is 5.32 Å². The second-order valence-electron chi connectivity index (χ2n) is 5.12. The summed E-state index contributed by atoms with van der Waals surface area (Å²) < 4.78 is 3.69. The monoisotopic (exact) mass is 291 g/mol. The molecule has 0 bridgehead atoms. The van der Waals surface area contributed by atoms with Crippen LogP contribution in [0.2, 0.25) is 0 Å². The lowest BCUT2D eigenvalue weighted by atomic mass is 10.1. The molecule has 102 valence electrons. The maximum Gasteiger partial charge on any atom is 0.285 e. The summed E-state index contributed by atoms with van der Waals surface area (Å²) in [5, 5.41) is 13.1. The molecule has 1 unspecified atom stereocenters. The van der Waals surface area contributed by atoms with Gasteiger partial charge in [0.1, 0.15) is 11.9 Å². The number of benzene rings is 1. The van der Waals surface area contributed by atoms with Crippen LogP contribution in [0.5, 0.6) is 5.75 Å². The van der Waals surface area contributed by atoms with Gasteiger partial charge in [-0.1, -0.05) is 41.4 Å². The molecular weight excluding hydrogens is 273 g/mol. The van der Waals surface area contributed by atoms with E-state index in [1.165, 1.54) is 0 Å². The summed E-state index contributed by atoms with van der Waals surface area (Å²) >= 11 is 12.0. The average molecular weight is 292 g/mol. The van der Waals surface area contributed by atoms with E-state index in [0.29, 0.717) is 5.75 Å². The van der Waals surface area contributed by atoms with Gasteiger partial charge in [-0.2, -0.15) is 0 Å². The lowest BCUT2D eigenvalue weighted by Crippen LogP contribution is -2.48. The average Bonchev–Trinajstić information content (AvgIpc) is 2.25. The van der Waals surface area contributed by atoms with E-state index in [1.807, 2.05) is 26.8 Å². The number of aliphatic hydroxyl groups excluding tert-OH is 1. The van der Waals surface area contributed by atoms with Gasteiger partial charge >= 0.3 is 0 Å². The van der Waals surface area contributed by atoms with Crippen molar-refractivity contribution < 1.29 is 9.84 Å². The van der Waals surface area contributed by atoms with Gasteiger partial charge in [-0.25, -0.2) is 0 Å². The van der Waals surface area contributed by atoms with Gasteiger partial charge < -0.3 is 15.2 Å². The third-order valence-electron chi connectivity index (χ3n) is 2.21. The number of hydrogen-bond donors (Lipinski definition) is 2. The highest BCUT2D eigenvalue weighted by atomic mass is 35.5. The summed E-state index contributed by atoms with van der Waals surface area (Å²) in [5.74, 6) is 0.511. The van der Waals surface area contributed by atoms with Crippen LogP contribution in [-0.2, 0) is 0 Å². The van der Waals surface area contributed by atoms with Crippen molar-refractivity contribution in [2.75, 3.05) is 6.54 Å². The van der Waals surface area contributed by atoms with E-state index in [0.717, 1.165) is 0 Å². The van der Waals surface area contributed by atoms with Crippen LogP contribution < -0.4 is 10.1 Å². The molecule has 0 saturated carbocycles. The van der Waals surface area contributed by atoms with E-state index >= 15 is 0 Å². The first kappa shape index (κ1) is 15.6. The lowest BCUT2D eigenvalue weighted by molar-refractivity contribution is 0.0532. The molecule has 0 amide bonds. The second-order valence-corrected chi connectivity index (χ2v) is 6.44. The number of para-hydroxylation sites is 1. The van der Waals surface area contributed by atoms with Crippen LogP contribution >= 0.6 is 23.2 Å². The molecule has 0 aliphatic rings. The number of halogens is 2. The Balaban J connectivity index is 2.57. The molecule has 0 aliphatic heterocycles. The Kier molecular flexibility index (Phi) is 5.29. The molecule has 0 heterocycles. The van der Waals surface area contributed by atoms with Crippen LogP contribution in [0.3, 0.4) is 0 Å². The van der Waals surface area contributed by atoms with Gasteiger partial charge in [0.05, 0.1) is 0 Å². The maximum absolute atomic E-state index is 9.95. The normalized spacial score (nSPS) is 14.3. The summed E-state index contributed by atoms with van der Waals surface area (Å²) in [4.78, 5) is 0. The molecule has 3 nitrogen and oxygen atoms in total. The molecule has 0 radical (unpaired) electrons. The van der Waals surface area contributed by atoms with Crippen LogP contribution in [0.15, 0.2) is 30.3 Å². The number of ether oxygens (including phenoxy) is 1. The fourth-order valence-electron chi connectivity index (χ4n) is 1.24. The third kappa shape index (κ3) is 5.44. The molecule has 0 saturated heterocycles. The largest absolute Gasteiger partial charge is 0.455 e. The molecule has 0 fully saturated rings. The fraction of sp³-hybridized carbons (Fsp3) is 0.538. The second kappa shape index (κ2) is 6.11. The standard InChI is InChI=1S/C13H19Cl2NO2/c1-12(2,3)16-9-11(17)13(14,15)18-10-7-5-4-6-8-10/h4-8,11,16-17H,9H2,1-3H3. The topological polar surface area (TPSA) is 41.5 Å². The van der Waals surface area contributed by atoms with Gasteiger partial charge in [-0.05, 0) is 32.9 Å². The van der Waals surface area contributed by atoms with Gasteiger partial charge in [0.15, 0.2) is 0 Å².